The smallest absolute Gasteiger partial charge is 0.331 e. The standard InChI is InChI=1S/C15H24O4/c1-12-5-7-13(8-6-12)4-2-3-11-19-15(18)10-9-14(16)17/h9-10,12-13H,2-8,11H2,1H3,(H,16,17)/b10-9+. The Kier molecular flexibility index (Phi) is 7.23. The molecule has 0 aromatic carbocycles. The molecule has 4 nitrogen and oxygen atoms in total. The maximum atomic E-state index is 11.1. The number of carbonyl (C=O) groups excluding carboxylic acids is 1. The first-order valence-electron chi connectivity index (χ1n) is 7.15. The Morgan fingerprint density at radius 1 is 1.16 bits per heavy atom. The molecule has 0 aromatic rings. The first kappa shape index (κ1) is 15.7. The van der Waals surface area contributed by atoms with Crippen LogP contribution in [-0.2, 0) is 14.3 Å². The van der Waals surface area contributed by atoms with Gasteiger partial charge in [-0.05, 0) is 24.7 Å². The second-order valence-electron chi connectivity index (χ2n) is 5.46. The third-order valence-corrected chi connectivity index (χ3v) is 3.75. The maximum Gasteiger partial charge on any atom is 0.331 e. The summed E-state index contributed by atoms with van der Waals surface area (Å²) >= 11 is 0. The number of hydrogen-bond acceptors (Lipinski definition) is 3. The fourth-order valence-corrected chi connectivity index (χ4v) is 2.51. The van der Waals surface area contributed by atoms with Crippen molar-refractivity contribution in [2.75, 3.05) is 6.61 Å². The van der Waals surface area contributed by atoms with Gasteiger partial charge in [0, 0.05) is 12.2 Å². The molecule has 0 heterocycles. The molecule has 108 valence electrons. The van der Waals surface area contributed by atoms with Crippen LogP contribution in [0, 0.1) is 11.8 Å². The number of esters is 1. The number of aliphatic carboxylic acids is 1. The van der Waals surface area contributed by atoms with Crippen LogP contribution in [0.4, 0.5) is 0 Å². The van der Waals surface area contributed by atoms with Gasteiger partial charge in [0.15, 0.2) is 0 Å². The van der Waals surface area contributed by atoms with Crippen molar-refractivity contribution in [1.29, 1.82) is 0 Å². The lowest BCUT2D eigenvalue weighted by Gasteiger charge is -2.25. The molecule has 0 aliphatic heterocycles. The Morgan fingerprint density at radius 2 is 1.84 bits per heavy atom. The molecule has 1 fully saturated rings. The summed E-state index contributed by atoms with van der Waals surface area (Å²) in [6.07, 6.45) is 10.3. The molecule has 1 aliphatic carbocycles. The highest BCUT2D eigenvalue weighted by Gasteiger charge is 2.17. The molecule has 0 amide bonds. The highest BCUT2D eigenvalue weighted by atomic mass is 16.5. The minimum Gasteiger partial charge on any atom is -0.478 e. The molecule has 0 bridgehead atoms. The van der Waals surface area contributed by atoms with Crippen LogP contribution in [0.1, 0.15) is 51.9 Å². The van der Waals surface area contributed by atoms with Crippen molar-refractivity contribution in [1.82, 2.24) is 0 Å². The topological polar surface area (TPSA) is 63.6 Å². The Hall–Kier alpha value is -1.32. The van der Waals surface area contributed by atoms with Crippen LogP contribution in [-0.4, -0.2) is 23.7 Å². The fraction of sp³-hybridized carbons (Fsp3) is 0.733. The predicted octanol–water partition coefficient (Wildman–Crippen LogP) is 3.17. The number of ether oxygens (including phenoxy) is 1. The summed E-state index contributed by atoms with van der Waals surface area (Å²) in [5.74, 6) is 0.0226. The van der Waals surface area contributed by atoms with Gasteiger partial charge in [0.05, 0.1) is 6.61 Å². The first-order valence-corrected chi connectivity index (χ1v) is 7.15. The summed E-state index contributed by atoms with van der Waals surface area (Å²) in [5.41, 5.74) is 0. The van der Waals surface area contributed by atoms with Gasteiger partial charge in [-0.3, -0.25) is 0 Å². The highest BCUT2D eigenvalue weighted by Crippen LogP contribution is 2.31. The Morgan fingerprint density at radius 3 is 2.47 bits per heavy atom. The van der Waals surface area contributed by atoms with E-state index in [0.717, 1.165) is 36.8 Å². The first-order chi connectivity index (χ1) is 9.08. The monoisotopic (exact) mass is 268 g/mol. The minimum atomic E-state index is -1.14. The second-order valence-corrected chi connectivity index (χ2v) is 5.46. The third kappa shape index (κ3) is 7.65. The zero-order valence-corrected chi connectivity index (χ0v) is 11.6. The van der Waals surface area contributed by atoms with Crippen LogP contribution < -0.4 is 0 Å². The second kappa shape index (κ2) is 8.73. The summed E-state index contributed by atoms with van der Waals surface area (Å²) in [6, 6.07) is 0. The minimum absolute atomic E-state index is 0.381. The van der Waals surface area contributed by atoms with E-state index >= 15 is 0 Å². The van der Waals surface area contributed by atoms with E-state index in [1.165, 1.54) is 32.1 Å². The molecule has 1 rings (SSSR count). The van der Waals surface area contributed by atoms with Crippen molar-refractivity contribution in [3.8, 4) is 0 Å². The lowest BCUT2D eigenvalue weighted by Crippen LogP contribution is -2.12. The average molecular weight is 268 g/mol. The summed E-state index contributed by atoms with van der Waals surface area (Å²) in [5, 5.41) is 8.34. The molecule has 19 heavy (non-hydrogen) atoms. The lowest BCUT2D eigenvalue weighted by molar-refractivity contribution is -0.138. The van der Waals surface area contributed by atoms with Crippen LogP contribution in [0.2, 0.25) is 0 Å². The van der Waals surface area contributed by atoms with Gasteiger partial charge in [-0.15, -0.1) is 0 Å². The van der Waals surface area contributed by atoms with E-state index in [0.29, 0.717) is 6.61 Å². The number of hydrogen-bond donors (Lipinski definition) is 1. The van der Waals surface area contributed by atoms with Crippen LogP contribution in [0.15, 0.2) is 12.2 Å². The zero-order chi connectivity index (χ0) is 14.1. The molecular formula is C15H24O4. The number of carbonyl (C=O) groups is 2. The molecule has 0 spiro atoms. The van der Waals surface area contributed by atoms with Crippen molar-refractivity contribution < 1.29 is 19.4 Å². The Labute approximate surface area is 114 Å². The largest absolute Gasteiger partial charge is 0.478 e. The SMILES string of the molecule is CC1CCC(CCCCOC(=O)/C=C/C(=O)O)CC1. The van der Waals surface area contributed by atoms with E-state index in [1.807, 2.05) is 0 Å². The van der Waals surface area contributed by atoms with E-state index in [-0.39, 0.29) is 0 Å². The van der Waals surface area contributed by atoms with Crippen molar-refractivity contribution >= 4 is 11.9 Å². The number of carboxylic acid groups (broad SMARTS) is 1. The van der Waals surface area contributed by atoms with E-state index in [1.54, 1.807) is 0 Å². The summed E-state index contributed by atoms with van der Waals surface area (Å²) in [7, 11) is 0. The Balaban J connectivity index is 1.99. The molecular weight excluding hydrogens is 244 g/mol. The van der Waals surface area contributed by atoms with Crippen LogP contribution >= 0.6 is 0 Å². The van der Waals surface area contributed by atoms with Gasteiger partial charge in [-0.2, -0.15) is 0 Å². The molecule has 1 saturated carbocycles. The molecule has 0 aromatic heterocycles. The molecule has 1 N–H and O–H groups in total. The van der Waals surface area contributed by atoms with Crippen LogP contribution in [0.5, 0.6) is 0 Å². The highest BCUT2D eigenvalue weighted by molar-refractivity contribution is 5.90. The van der Waals surface area contributed by atoms with E-state index in [9.17, 15) is 9.59 Å². The normalized spacial score (nSPS) is 23.4. The van der Waals surface area contributed by atoms with Gasteiger partial charge in [0.2, 0.25) is 0 Å². The van der Waals surface area contributed by atoms with Gasteiger partial charge in [0.1, 0.15) is 0 Å². The molecule has 0 atom stereocenters. The summed E-state index contributed by atoms with van der Waals surface area (Å²) in [4.78, 5) is 21.3. The van der Waals surface area contributed by atoms with Crippen molar-refractivity contribution in [2.45, 2.75) is 51.9 Å². The van der Waals surface area contributed by atoms with E-state index in [4.69, 9.17) is 9.84 Å². The lowest BCUT2D eigenvalue weighted by atomic mass is 9.81. The third-order valence-electron chi connectivity index (χ3n) is 3.75. The molecule has 1 aliphatic rings. The quantitative estimate of drug-likeness (QED) is 0.437. The summed E-state index contributed by atoms with van der Waals surface area (Å²) < 4.78 is 4.91. The van der Waals surface area contributed by atoms with Crippen molar-refractivity contribution in [3.63, 3.8) is 0 Å². The zero-order valence-electron chi connectivity index (χ0n) is 11.6. The maximum absolute atomic E-state index is 11.1. The van der Waals surface area contributed by atoms with Crippen LogP contribution in [0.3, 0.4) is 0 Å². The van der Waals surface area contributed by atoms with Gasteiger partial charge in [-0.1, -0.05) is 39.0 Å². The van der Waals surface area contributed by atoms with Gasteiger partial charge in [-0.25, -0.2) is 9.59 Å². The Bertz CT molecular complexity index is 314. The predicted molar refractivity (Wildman–Crippen MR) is 72.7 cm³/mol. The summed E-state index contributed by atoms with van der Waals surface area (Å²) in [6.45, 7) is 2.70. The van der Waals surface area contributed by atoms with Gasteiger partial charge >= 0.3 is 11.9 Å². The van der Waals surface area contributed by atoms with E-state index in [2.05, 4.69) is 6.92 Å². The number of unbranched alkanes of at least 4 members (excludes halogenated alkanes) is 1. The number of carboxylic acids is 1. The molecule has 0 unspecified atom stereocenters. The van der Waals surface area contributed by atoms with Crippen molar-refractivity contribution in [2.24, 2.45) is 11.8 Å². The van der Waals surface area contributed by atoms with Crippen molar-refractivity contribution in [3.05, 3.63) is 12.2 Å². The van der Waals surface area contributed by atoms with Gasteiger partial charge in [0.25, 0.3) is 0 Å². The average Bonchev–Trinajstić information content (AvgIpc) is 2.38. The van der Waals surface area contributed by atoms with Gasteiger partial charge < -0.3 is 9.84 Å². The number of rotatable bonds is 7. The van der Waals surface area contributed by atoms with E-state index < -0.39 is 11.9 Å². The molecule has 4 heteroatoms. The molecule has 0 radical (unpaired) electrons. The molecule has 0 saturated heterocycles. The fourth-order valence-electron chi connectivity index (χ4n) is 2.51. The van der Waals surface area contributed by atoms with Crippen LogP contribution in [0.25, 0.3) is 0 Å².